The van der Waals surface area contributed by atoms with Crippen molar-refractivity contribution in [2.45, 2.75) is 13.0 Å². The minimum Gasteiger partial charge on any atom is -0.349 e. The second-order valence-electron chi connectivity index (χ2n) is 4.98. The Hall–Kier alpha value is -1.91. The highest BCUT2D eigenvalue weighted by Crippen LogP contribution is 2.22. The van der Waals surface area contributed by atoms with E-state index in [1.165, 1.54) is 5.56 Å². The number of thiocarbonyl (C=S) groups is 2. The predicted molar refractivity (Wildman–Crippen MR) is 95.2 cm³/mol. The van der Waals surface area contributed by atoms with Crippen LogP contribution in [0.4, 0.5) is 0 Å². The van der Waals surface area contributed by atoms with E-state index in [2.05, 4.69) is 29.4 Å². The highest BCUT2D eigenvalue weighted by molar-refractivity contribution is 7.82. The molecule has 0 spiro atoms. The van der Waals surface area contributed by atoms with Gasteiger partial charge in [-0.25, -0.2) is 4.99 Å². The van der Waals surface area contributed by atoms with Gasteiger partial charge in [0.05, 0.1) is 16.6 Å². The summed E-state index contributed by atoms with van der Waals surface area (Å²) in [5, 5.41) is 3.68. The number of nitrogens with one attached hydrogen (secondary N) is 1. The average Bonchev–Trinajstić information content (AvgIpc) is 2.51. The fourth-order valence-corrected chi connectivity index (χ4v) is 2.88. The van der Waals surface area contributed by atoms with Crippen LogP contribution in [0.25, 0.3) is 0 Å². The van der Waals surface area contributed by atoms with E-state index in [-0.39, 0.29) is 6.04 Å². The van der Waals surface area contributed by atoms with Crippen molar-refractivity contribution in [3.63, 3.8) is 0 Å². The van der Waals surface area contributed by atoms with Gasteiger partial charge in [0, 0.05) is 5.56 Å². The minimum atomic E-state index is -0.0949. The molecule has 0 aliphatic carbocycles. The van der Waals surface area contributed by atoms with Crippen molar-refractivity contribution in [2.24, 2.45) is 4.99 Å². The van der Waals surface area contributed by atoms with Crippen LogP contribution >= 0.6 is 24.4 Å². The lowest BCUT2D eigenvalue weighted by atomic mass is 9.95. The normalized spacial score (nSPS) is 18.1. The molecule has 0 saturated heterocycles. The molecule has 1 aliphatic heterocycles. The molecule has 2 aromatic rings. The largest absolute Gasteiger partial charge is 0.349 e. The predicted octanol–water partition coefficient (Wildman–Crippen LogP) is 3.78. The molecular weight excluding hydrogens is 296 g/mol. The van der Waals surface area contributed by atoms with Crippen LogP contribution in [0.3, 0.4) is 0 Å². The standard InChI is InChI=1S/C17H14N2S2/c1-11-7-9-13(10-8-11)15-16(20)14(18-17(21)19-15)12-5-3-2-4-6-12/h2-10,14H,1H3,(H,18,21). The van der Waals surface area contributed by atoms with Gasteiger partial charge in [-0.15, -0.1) is 0 Å². The Balaban J connectivity index is 2.00. The summed E-state index contributed by atoms with van der Waals surface area (Å²) in [6, 6.07) is 18.2. The zero-order valence-corrected chi connectivity index (χ0v) is 13.2. The maximum absolute atomic E-state index is 5.65. The van der Waals surface area contributed by atoms with Crippen LogP contribution < -0.4 is 5.32 Å². The van der Waals surface area contributed by atoms with Crippen LogP contribution in [-0.4, -0.2) is 15.7 Å². The first-order valence-corrected chi connectivity index (χ1v) is 7.52. The van der Waals surface area contributed by atoms with E-state index in [1.807, 2.05) is 42.5 Å². The van der Waals surface area contributed by atoms with Crippen LogP contribution in [0.1, 0.15) is 22.7 Å². The number of aryl methyl sites for hydroxylation is 1. The molecule has 3 rings (SSSR count). The van der Waals surface area contributed by atoms with Gasteiger partial charge >= 0.3 is 0 Å². The maximum atomic E-state index is 5.65. The fourth-order valence-electron chi connectivity index (χ4n) is 2.31. The third-order valence-corrected chi connectivity index (χ3v) is 4.07. The monoisotopic (exact) mass is 310 g/mol. The number of benzene rings is 2. The molecule has 2 aromatic carbocycles. The number of hydrogen-bond acceptors (Lipinski definition) is 2. The average molecular weight is 310 g/mol. The molecule has 0 bridgehead atoms. The second kappa shape index (κ2) is 5.84. The van der Waals surface area contributed by atoms with Gasteiger partial charge in [0.1, 0.15) is 0 Å². The topological polar surface area (TPSA) is 24.4 Å². The Bertz CT molecular complexity index is 718. The maximum Gasteiger partial charge on any atom is 0.194 e. The van der Waals surface area contributed by atoms with Gasteiger partial charge in [-0.3, -0.25) is 0 Å². The molecule has 0 radical (unpaired) electrons. The Labute approximate surface area is 134 Å². The van der Waals surface area contributed by atoms with Crippen LogP contribution in [0.15, 0.2) is 59.6 Å². The summed E-state index contributed by atoms with van der Waals surface area (Å²) >= 11 is 10.9. The quantitative estimate of drug-likeness (QED) is 0.854. The Morgan fingerprint density at radius 2 is 1.62 bits per heavy atom. The number of aliphatic imine (C=N–C) groups is 1. The first kappa shape index (κ1) is 14.0. The van der Waals surface area contributed by atoms with E-state index in [4.69, 9.17) is 24.4 Å². The molecule has 1 heterocycles. The molecular formula is C17H14N2S2. The molecule has 0 saturated carbocycles. The smallest absolute Gasteiger partial charge is 0.194 e. The van der Waals surface area contributed by atoms with E-state index < -0.39 is 0 Å². The molecule has 0 aromatic heterocycles. The van der Waals surface area contributed by atoms with Crippen molar-refractivity contribution in [2.75, 3.05) is 0 Å². The summed E-state index contributed by atoms with van der Waals surface area (Å²) in [5.74, 6) is 0. The summed E-state index contributed by atoms with van der Waals surface area (Å²) in [7, 11) is 0. The molecule has 0 amide bonds. The van der Waals surface area contributed by atoms with Crippen molar-refractivity contribution in [3.8, 4) is 0 Å². The zero-order chi connectivity index (χ0) is 14.8. The van der Waals surface area contributed by atoms with Crippen LogP contribution in [0.5, 0.6) is 0 Å². The SMILES string of the molecule is Cc1ccc(C2=NC(=S)NC(c3ccccc3)C2=S)cc1. The molecule has 1 atom stereocenters. The summed E-state index contributed by atoms with van der Waals surface area (Å²) in [6.07, 6.45) is 0. The second-order valence-corrected chi connectivity index (χ2v) is 5.81. The first-order chi connectivity index (χ1) is 10.1. The molecule has 104 valence electrons. The third-order valence-electron chi connectivity index (χ3n) is 3.43. The molecule has 1 N–H and O–H groups in total. The van der Waals surface area contributed by atoms with Gasteiger partial charge in [-0.2, -0.15) is 0 Å². The van der Waals surface area contributed by atoms with Gasteiger partial charge in [-0.05, 0) is 24.7 Å². The Morgan fingerprint density at radius 1 is 0.952 bits per heavy atom. The fraction of sp³-hybridized carbons (Fsp3) is 0.118. The molecule has 4 heteroatoms. The highest BCUT2D eigenvalue weighted by Gasteiger charge is 2.27. The van der Waals surface area contributed by atoms with Crippen molar-refractivity contribution < 1.29 is 0 Å². The Kier molecular flexibility index (Phi) is 3.90. The van der Waals surface area contributed by atoms with E-state index in [9.17, 15) is 0 Å². The lowest BCUT2D eigenvalue weighted by Gasteiger charge is -2.26. The van der Waals surface area contributed by atoms with E-state index in [0.29, 0.717) is 5.11 Å². The van der Waals surface area contributed by atoms with Crippen molar-refractivity contribution >= 4 is 40.1 Å². The summed E-state index contributed by atoms with van der Waals surface area (Å²) in [5.41, 5.74) is 4.11. The van der Waals surface area contributed by atoms with Crippen molar-refractivity contribution in [1.29, 1.82) is 0 Å². The number of rotatable bonds is 2. The van der Waals surface area contributed by atoms with E-state index >= 15 is 0 Å². The number of hydrogen-bond donors (Lipinski definition) is 1. The van der Waals surface area contributed by atoms with Crippen molar-refractivity contribution in [3.05, 3.63) is 71.3 Å². The van der Waals surface area contributed by atoms with Gasteiger partial charge in [0.15, 0.2) is 5.11 Å². The highest BCUT2D eigenvalue weighted by atomic mass is 32.1. The van der Waals surface area contributed by atoms with E-state index in [0.717, 1.165) is 21.7 Å². The molecule has 1 aliphatic rings. The third kappa shape index (κ3) is 2.91. The van der Waals surface area contributed by atoms with Crippen molar-refractivity contribution in [1.82, 2.24) is 5.32 Å². The lowest BCUT2D eigenvalue weighted by Crippen LogP contribution is -2.40. The summed E-state index contributed by atoms with van der Waals surface area (Å²) < 4.78 is 0. The summed E-state index contributed by atoms with van der Waals surface area (Å²) in [6.45, 7) is 2.06. The van der Waals surface area contributed by atoms with Gasteiger partial charge in [-0.1, -0.05) is 72.4 Å². The van der Waals surface area contributed by atoms with Crippen LogP contribution in [0.2, 0.25) is 0 Å². The van der Waals surface area contributed by atoms with Gasteiger partial charge < -0.3 is 5.32 Å². The van der Waals surface area contributed by atoms with Crippen LogP contribution in [-0.2, 0) is 0 Å². The number of nitrogens with zero attached hydrogens (tertiary/aromatic N) is 1. The van der Waals surface area contributed by atoms with Gasteiger partial charge in [0.2, 0.25) is 0 Å². The minimum absolute atomic E-state index is 0.0949. The molecule has 2 nitrogen and oxygen atoms in total. The van der Waals surface area contributed by atoms with E-state index in [1.54, 1.807) is 0 Å². The zero-order valence-electron chi connectivity index (χ0n) is 11.5. The lowest BCUT2D eigenvalue weighted by molar-refractivity contribution is 0.845. The van der Waals surface area contributed by atoms with Crippen LogP contribution in [0, 0.1) is 6.92 Å². The molecule has 1 unspecified atom stereocenters. The molecule has 0 fully saturated rings. The summed E-state index contributed by atoms with van der Waals surface area (Å²) in [4.78, 5) is 5.21. The van der Waals surface area contributed by atoms with Gasteiger partial charge in [0.25, 0.3) is 0 Å². The Morgan fingerprint density at radius 3 is 2.29 bits per heavy atom. The first-order valence-electron chi connectivity index (χ1n) is 6.70. The molecule has 21 heavy (non-hydrogen) atoms.